The number of benzene rings is 3. The number of aliphatic hydroxyl groups excluding tert-OH is 1. The number of ether oxygens (including phenoxy) is 1. The van der Waals surface area contributed by atoms with Crippen molar-refractivity contribution in [3.63, 3.8) is 0 Å². The highest BCUT2D eigenvalue weighted by Gasteiger charge is 2.47. The molecule has 8 heteroatoms. The zero-order valence-electron chi connectivity index (χ0n) is 16.8. The number of methoxy groups -OCH3 is 1. The first-order valence-corrected chi connectivity index (χ1v) is 9.89. The summed E-state index contributed by atoms with van der Waals surface area (Å²) in [4.78, 5) is 27.2. The molecule has 32 heavy (non-hydrogen) atoms. The van der Waals surface area contributed by atoms with Crippen LogP contribution in [0.1, 0.15) is 17.2 Å². The number of hydrogen-bond acceptors (Lipinski definition) is 5. The quantitative estimate of drug-likeness (QED) is 0.336. The summed E-state index contributed by atoms with van der Waals surface area (Å²) in [5.41, 5.74) is 0.304. The van der Waals surface area contributed by atoms with E-state index < -0.39 is 29.3 Å². The SMILES string of the molecule is COc1ccc(Cl)c(/C(O)=C2\C(=O)C(=O)N(c3cccc(F)c3)C2c2cccc(O)c2)c1. The lowest BCUT2D eigenvalue weighted by Crippen LogP contribution is -2.29. The van der Waals surface area contributed by atoms with Crippen LogP contribution in [0.25, 0.3) is 5.76 Å². The minimum atomic E-state index is -1.13. The molecule has 0 bridgehead atoms. The zero-order chi connectivity index (χ0) is 23.0. The molecule has 2 N–H and O–H groups in total. The number of Topliss-reactive ketones (excluding diaryl/α,β-unsaturated/α-hetero) is 1. The molecule has 1 aliphatic rings. The lowest BCUT2D eigenvalue weighted by atomic mass is 9.95. The van der Waals surface area contributed by atoms with Crippen LogP contribution in [0.2, 0.25) is 5.02 Å². The van der Waals surface area contributed by atoms with Crippen LogP contribution in [-0.4, -0.2) is 29.0 Å². The Bertz CT molecular complexity index is 1270. The van der Waals surface area contributed by atoms with Crippen LogP contribution in [-0.2, 0) is 9.59 Å². The minimum Gasteiger partial charge on any atom is -0.508 e. The fourth-order valence-electron chi connectivity index (χ4n) is 3.69. The molecule has 162 valence electrons. The Balaban J connectivity index is 1.99. The van der Waals surface area contributed by atoms with Gasteiger partial charge in [0.15, 0.2) is 0 Å². The molecule has 4 rings (SSSR count). The molecule has 0 spiro atoms. The molecule has 1 amide bonds. The maximum atomic E-state index is 13.9. The number of nitrogens with zero attached hydrogens (tertiary/aromatic N) is 1. The highest BCUT2D eigenvalue weighted by atomic mass is 35.5. The highest BCUT2D eigenvalue weighted by Crippen LogP contribution is 2.43. The van der Waals surface area contributed by atoms with E-state index >= 15 is 0 Å². The average molecular weight is 454 g/mol. The molecule has 0 radical (unpaired) electrons. The largest absolute Gasteiger partial charge is 0.508 e. The molecule has 1 aliphatic heterocycles. The number of carbonyl (C=O) groups excluding carboxylic acids is 2. The molecule has 1 atom stereocenters. The van der Waals surface area contributed by atoms with Crippen molar-refractivity contribution in [2.45, 2.75) is 6.04 Å². The van der Waals surface area contributed by atoms with Gasteiger partial charge in [-0.2, -0.15) is 0 Å². The summed E-state index contributed by atoms with van der Waals surface area (Å²) >= 11 is 6.25. The van der Waals surface area contributed by atoms with Crippen molar-refractivity contribution in [3.8, 4) is 11.5 Å². The van der Waals surface area contributed by atoms with Crippen LogP contribution < -0.4 is 9.64 Å². The Morgan fingerprint density at radius 3 is 2.50 bits per heavy atom. The monoisotopic (exact) mass is 453 g/mol. The number of phenols is 1. The second kappa shape index (κ2) is 8.36. The molecular weight excluding hydrogens is 437 g/mol. The second-order valence-electron chi connectivity index (χ2n) is 7.09. The number of aromatic hydroxyl groups is 1. The number of halogens is 2. The number of amides is 1. The summed E-state index contributed by atoms with van der Waals surface area (Å²) in [6.07, 6.45) is 0. The van der Waals surface area contributed by atoms with Gasteiger partial charge in [0, 0.05) is 11.3 Å². The number of carbonyl (C=O) groups is 2. The summed E-state index contributed by atoms with van der Waals surface area (Å²) < 4.78 is 19.1. The fourth-order valence-corrected chi connectivity index (χ4v) is 3.90. The van der Waals surface area contributed by atoms with Gasteiger partial charge in [-0.1, -0.05) is 29.8 Å². The summed E-state index contributed by atoms with van der Waals surface area (Å²) in [5, 5.41) is 21.3. The summed E-state index contributed by atoms with van der Waals surface area (Å²) in [5.74, 6) is -2.77. The minimum absolute atomic E-state index is 0.0911. The molecule has 0 aromatic heterocycles. The number of hydrogen-bond donors (Lipinski definition) is 2. The third kappa shape index (κ3) is 3.67. The van der Waals surface area contributed by atoms with E-state index in [1.165, 1.54) is 55.6 Å². The Kier molecular flexibility index (Phi) is 5.59. The van der Waals surface area contributed by atoms with E-state index in [9.17, 15) is 24.2 Å². The fraction of sp³-hybridized carbons (Fsp3) is 0.0833. The van der Waals surface area contributed by atoms with E-state index in [-0.39, 0.29) is 27.6 Å². The lowest BCUT2D eigenvalue weighted by molar-refractivity contribution is -0.132. The van der Waals surface area contributed by atoms with Gasteiger partial charge in [-0.3, -0.25) is 14.5 Å². The molecule has 1 saturated heterocycles. The summed E-state index contributed by atoms with van der Waals surface area (Å²) in [7, 11) is 1.43. The number of phenolic OH excluding ortho intramolecular Hbond substituents is 1. The Labute approximate surface area is 187 Å². The summed E-state index contributed by atoms with van der Waals surface area (Å²) in [6.45, 7) is 0. The van der Waals surface area contributed by atoms with Gasteiger partial charge in [0.1, 0.15) is 23.1 Å². The van der Waals surface area contributed by atoms with Crippen LogP contribution in [0, 0.1) is 5.82 Å². The van der Waals surface area contributed by atoms with Gasteiger partial charge in [-0.05, 0) is 54.1 Å². The normalized spacial score (nSPS) is 17.6. The zero-order valence-corrected chi connectivity index (χ0v) is 17.5. The molecule has 0 aliphatic carbocycles. The van der Waals surface area contributed by atoms with E-state index in [0.717, 1.165) is 11.0 Å². The number of ketones is 1. The standard InChI is InChI=1S/C24H17ClFNO5/c1-32-17-8-9-19(25)18(12-17)22(29)20-21(13-4-2-7-16(28)10-13)27(24(31)23(20)30)15-6-3-5-14(26)11-15/h2-12,21,28-29H,1H3/b22-20+. The van der Waals surface area contributed by atoms with Gasteiger partial charge in [0.25, 0.3) is 11.7 Å². The van der Waals surface area contributed by atoms with E-state index in [4.69, 9.17) is 16.3 Å². The van der Waals surface area contributed by atoms with Crippen molar-refractivity contribution in [1.82, 2.24) is 0 Å². The van der Waals surface area contributed by atoms with Crippen LogP contribution in [0.4, 0.5) is 10.1 Å². The molecule has 1 fully saturated rings. The molecule has 6 nitrogen and oxygen atoms in total. The number of aliphatic hydroxyl groups is 1. The Morgan fingerprint density at radius 2 is 1.81 bits per heavy atom. The molecule has 3 aromatic rings. The van der Waals surface area contributed by atoms with Crippen molar-refractivity contribution in [1.29, 1.82) is 0 Å². The molecule has 1 heterocycles. The maximum Gasteiger partial charge on any atom is 0.300 e. The predicted octanol–water partition coefficient (Wildman–Crippen LogP) is 4.82. The van der Waals surface area contributed by atoms with Gasteiger partial charge in [0.05, 0.1) is 23.7 Å². The maximum absolute atomic E-state index is 13.9. The van der Waals surface area contributed by atoms with Crippen molar-refractivity contribution >= 4 is 34.7 Å². The average Bonchev–Trinajstić information content (AvgIpc) is 3.04. The third-order valence-corrected chi connectivity index (χ3v) is 5.47. The van der Waals surface area contributed by atoms with E-state index in [1.807, 2.05) is 0 Å². The number of anilines is 1. The molecule has 1 unspecified atom stereocenters. The van der Waals surface area contributed by atoms with E-state index in [0.29, 0.717) is 11.3 Å². The van der Waals surface area contributed by atoms with Crippen LogP contribution in [0.15, 0.2) is 72.3 Å². The Morgan fingerprint density at radius 1 is 1.06 bits per heavy atom. The Hall–Kier alpha value is -3.84. The molecular formula is C24H17ClFNO5. The van der Waals surface area contributed by atoms with Crippen LogP contribution in [0.5, 0.6) is 11.5 Å². The van der Waals surface area contributed by atoms with Gasteiger partial charge < -0.3 is 14.9 Å². The van der Waals surface area contributed by atoms with Crippen LogP contribution in [0.3, 0.4) is 0 Å². The first kappa shape index (κ1) is 21.4. The smallest absolute Gasteiger partial charge is 0.300 e. The van der Waals surface area contributed by atoms with Crippen molar-refractivity contribution in [2.75, 3.05) is 12.0 Å². The lowest BCUT2D eigenvalue weighted by Gasteiger charge is -2.25. The van der Waals surface area contributed by atoms with Gasteiger partial charge in [-0.15, -0.1) is 0 Å². The van der Waals surface area contributed by atoms with Gasteiger partial charge >= 0.3 is 0 Å². The molecule has 0 saturated carbocycles. The van der Waals surface area contributed by atoms with E-state index in [1.54, 1.807) is 12.1 Å². The first-order chi connectivity index (χ1) is 15.3. The van der Waals surface area contributed by atoms with Crippen molar-refractivity contribution < 1.29 is 28.9 Å². The molecule has 3 aromatic carbocycles. The van der Waals surface area contributed by atoms with Crippen molar-refractivity contribution in [2.24, 2.45) is 0 Å². The van der Waals surface area contributed by atoms with Crippen LogP contribution >= 0.6 is 11.6 Å². The number of rotatable bonds is 4. The van der Waals surface area contributed by atoms with Gasteiger partial charge in [0.2, 0.25) is 0 Å². The topological polar surface area (TPSA) is 87.1 Å². The van der Waals surface area contributed by atoms with Gasteiger partial charge in [-0.25, -0.2) is 4.39 Å². The first-order valence-electron chi connectivity index (χ1n) is 9.51. The second-order valence-corrected chi connectivity index (χ2v) is 7.50. The third-order valence-electron chi connectivity index (χ3n) is 5.15. The van der Waals surface area contributed by atoms with E-state index in [2.05, 4.69) is 0 Å². The van der Waals surface area contributed by atoms with Crippen molar-refractivity contribution in [3.05, 3.63) is 94.3 Å². The highest BCUT2D eigenvalue weighted by molar-refractivity contribution is 6.52. The predicted molar refractivity (Wildman–Crippen MR) is 117 cm³/mol. The summed E-state index contributed by atoms with van der Waals surface area (Å²) in [6, 6.07) is 14.5.